The van der Waals surface area contributed by atoms with E-state index in [2.05, 4.69) is 40.6 Å². The van der Waals surface area contributed by atoms with Gasteiger partial charge in [0, 0.05) is 77.5 Å². The lowest BCUT2D eigenvalue weighted by molar-refractivity contribution is -0.197. The Kier molecular flexibility index (Phi) is 31.1. The largest absolute Gasteiger partial charge is 0.378 e. The van der Waals surface area contributed by atoms with Gasteiger partial charge in [0.1, 0.15) is 25.7 Å². The number of carbonyl (C=O) groups is 16. The molecule has 0 unspecified atom stereocenters. The van der Waals surface area contributed by atoms with Gasteiger partial charge in [-0.2, -0.15) is 0 Å². The van der Waals surface area contributed by atoms with Gasteiger partial charge in [-0.1, -0.05) is 0 Å². The fraction of sp³-hybridized carbons (Fsp3) is 0.673. The first-order chi connectivity index (χ1) is 40.7. The number of nitrogens with zero attached hydrogens (tertiary/aromatic N) is 4. The molecule has 4 rings (SSSR count). The molecule has 472 valence electrons. The summed E-state index contributed by atoms with van der Waals surface area (Å²) in [4.78, 5) is 209. The molecule has 4 N–H and O–H groups in total. The van der Waals surface area contributed by atoms with Crippen molar-refractivity contribution in [2.75, 3.05) is 132 Å². The summed E-state index contributed by atoms with van der Waals surface area (Å²) in [6.45, 7) is -0.604. The van der Waals surface area contributed by atoms with Crippen LogP contribution < -0.4 is 21.3 Å². The van der Waals surface area contributed by atoms with Gasteiger partial charge in [-0.15, -0.1) is 20.3 Å². The second-order valence-corrected chi connectivity index (χ2v) is 18.4. The molecule has 0 aromatic heterocycles. The Morgan fingerprint density at radius 2 is 0.459 bits per heavy atom. The molecular weight excluding hydrogens is 1150 g/mol. The number of nitrogens with one attached hydrogen (secondary N) is 4. The minimum absolute atomic E-state index is 0.00577. The van der Waals surface area contributed by atoms with Crippen LogP contribution in [0.4, 0.5) is 0 Å². The Bertz CT molecular complexity index is 2030. The Balaban J connectivity index is 1.25. The highest BCUT2D eigenvalue weighted by Gasteiger charge is 2.37. The highest BCUT2D eigenvalue weighted by atomic mass is 16.7. The molecule has 0 atom stereocenters. The molecule has 4 saturated heterocycles. The van der Waals surface area contributed by atoms with E-state index >= 15 is 0 Å². The summed E-state index contributed by atoms with van der Waals surface area (Å²) in [5.41, 5.74) is -1.08. The number of hydrogen-bond acceptors (Lipinski definition) is 28. The third kappa shape index (κ3) is 27.1. The van der Waals surface area contributed by atoms with Crippen molar-refractivity contribution in [3.8, 4) is 0 Å². The lowest BCUT2D eigenvalue weighted by Crippen LogP contribution is -2.43. The summed E-state index contributed by atoms with van der Waals surface area (Å²) in [6.07, 6.45) is -4.00. The fourth-order valence-electron chi connectivity index (χ4n) is 7.28. The first-order valence-corrected chi connectivity index (χ1v) is 26.7. The molecule has 12 amide bonds. The van der Waals surface area contributed by atoms with E-state index < -0.39 is 126 Å². The van der Waals surface area contributed by atoms with Gasteiger partial charge in [0.05, 0.1) is 111 Å². The van der Waals surface area contributed by atoms with Crippen molar-refractivity contribution >= 4 is 94.8 Å². The molecule has 0 radical (unpaired) electrons. The molecule has 0 aliphatic carbocycles. The Morgan fingerprint density at radius 1 is 0.282 bits per heavy atom. The molecule has 0 bridgehead atoms. The van der Waals surface area contributed by atoms with Crippen molar-refractivity contribution in [2.24, 2.45) is 5.41 Å². The van der Waals surface area contributed by atoms with Crippen molar-refractivity contribution in [3.63, 3.8) is 0 Å². The predicted molar refractivity (Wildman–Crippen MR) is 268 cm³/mol. The third-order valence-electron chi connectivity index (χ3n) is 11.4. The van der Waals surface area contributed by atoms with Crippen LogP contribution in [-0.2, 0) is 134 Å². The number of carbonyl (C=O) groups excluding carboxylic acids is 16. The molecule has 4 aliphatic rings. The van der Waals surface area contributed by atoms with E-state index in [9.17, 15) is 76.7 Å². The predicted octanol–water partition coefficient (Wildman–Crippen LogP) is -5.44. The summed E-state index contributed by atoms with van der Waals surface area (Å²) in [6, 6.07) is 0. The number of hydroxylamine groups is 8. The van der Waals surface area contributed by atoms with Crippen LogP contribution in [0.25, 0.3) is 0 Å². The van der Waals surface area contributed by atoms with Gasteiger partial charge in [-0.25, -0.2) is 19.2 Å². The Morgan fingerprint density at radius 3 is 0.647 bits per heavy atom. The Hall–Kier alpha value is -8.00. The highest BCUT2D eigenvalue weighted by molar-refractivity contribution is 6.05. The van der Waals surface area contributed by atoms with Crippen LogP contribution in [0.5, 0.6) is 0 Å². The topological polar surface area (TPSA) is 445 Å². The Labute approximate surface area is 483 Å². The SMILES string of the molecule is O=C(CC(=O)ON1C(=O)CCC1=O)NCCOCCOCC(COCCOCCNC(=O)CC(=O)ON1C(=O)CCC1=O)(COCCOCCNC(=O)CC(=O)ON1C(=O)CCC1=O)COCCOCCNC(=O)CC(=O)ON1C(=O)CCC1=O. The maximum atomic E-state index is 12.2. The van der Waals surface area contributed by atoms with Crippen LogP contribution in [-0.4, -0.2) is 247 Å². The molecule has 0 spiro atoms. The molecule has 36 heteroatoms. The monoisotopic (exact) mass is 1220 g/mol. The summed E-state index contributed by atoms with van der Waals surface area (Å²) < 4.78 is 46.2. The zero-order chi connectivity index (χ0) is 62.0. The van der Waals surface area contributed by atoms with Crippen LogP contribution in [0.15, 0.2) is 0 Å². The normalized spacial score (nSPS) is 15.2. The van der Waals surface area contributed by atoms with E-state index in [1.165, 1.54) is 0 Å². The zero-order valence-electron chi connectivity index (χ0n) is 46.3. The summed E-state index contributed by atoms with van der Waals surface area (Å²) in [5, 5.41) is 11.1. The average Bonchev–Trinajstić information content (AvgIpc) is 4.31. The van der Waals surface area contributed by atoms with Gasteiger partial charge in [0.15, 0.2) is 0 Å². The second-order valence-electron chi connectivity index (χ2n) is 18.4. The number of amides is 12. The minimum atomic E-state index is -1.11. The molecule has 0 saturated carbocycles. The molecule has 0 aromatic rings. The maximum absolute atomic E-state index is 12.2. The number of ether oxygens (including phenoxy) is 8. The summed E-state index contributed by atoms with van der Waals surface area (Å²) in [7, 11) is 0. The molecule has 36 nitrogen and oxygen atoms in total. The van der Waals surface area contributed by atoms with Crippen molar-refractivity contribution in [1.82, 2.24) is 41.5 Å². The van der Waals surface area contributed by atoms with Gasteiger partial charge >= 0.3 is 23.9 Å². The zero-order valence-corrected chi connectivity index (χ0v) is 46.3. The number of hydrogen-bond donors (Lipinski definition) is 4. The van der Waals surface area contributed by atoms with Crippen molar-refractivity contribution in [3.05, 3.63) is 0 Å². The summed E-state index contributed by atoms with van der Waals surface area (Å²) >= 11 is 0. The van der Waals surface area contributed by atoms with Gasteiger partial charge < -0.3 is 78.5 Å². The quantitative estimate of drug-likeness (QED) is 0.0251. The third-order valence-corrected chi connectivity index (χ3v) is 11.4. The molecule has 0 aromatic carbocycles. The summed E-state index contributed by atoms with van der Waals surface area (Å²) in [5.74, 6) is -13.1. The first-order valence-electron chi connectivity index (χ1n) is 26.7. The molecule has 4 fully saturated rings. The standard InChI is InChI=1S/C49H68N8O28/c58-33(25-45(70)82-54-37(62)1-2-38(54)63)50-9-13-74-17-21-78-29-49(30-79-22-18-75-14-10-51-34(59)26-46(71)83-55-39(64)3-4-40(55)65,31-80-23-19-76-15-11-52-35(60)27-47(72)84-56-41(66)5-6-42(56)67)32-81-24-20-77-16-12-53-36(61)28-48(73)85-57-43(68)7-8-44(57)69/h1-32H2,(H,50,58)(H,51,59)(H,52,60)(H,53,61). The van der Waals surface area contributed by atoms with Gasteiger partial charge in [0.2, 0.25) is 23.6 Å². The van der Waals surface area contributed by atoms with E-state index in [1.807, 2.05) is 0 Å². The molecule has 85 heavy (non-hydrogen) atoms. The van der Waals surface area contributed by atoms with Crippen LogP contribution in [0.3, 0.4) is 0 Å². The van der Waals surface area contributed by atoms with Crippen LogP contribution >= 0.6 is 0 Å². The van der Waals surface area contributed by atoms with Crippen molar-refractivity contribution < 1.29 is 134 Å². The van der Waals surface area contributed by atoms with Gasteiger partial charge in [-0.05, 0) is 0 Å². The van der Waals surface area contributed by atoms with E-state index in [1.54, 1.807) is 0 Å². The lowest BCUT2D eigenvalue weighted by Gasteiger charge is -2.33. The number of imide groups is 4. The van der Waals surface area contributed by atoms with E-state index in [4.69, 9.17) is 37.9 Å². The highest BCUT2D eigenvalue weighted by Crippen LogP contribution is 2.22. The van der Waals surface area contributed by atoms with Gasteiger partial charge in [0.25, 0.3) is 47.3 Å². The molecule has 4 aliphatic heterocycles. The van der Waals surface area contributed by atoms with E-state index in [0.29, 0.717) is 20.3 Å². The van der Waals surface area contributed by atoms with E-state index in [0.717, 1.165) is 0 Å². The van der Waals surface area contributed by atoms with Crippen LogP contribution in [0.2, 0.25) is 0 Å². The van der Waals surface area contributed by atoms with Crippen LogP contribution in [0.1, 0.15) is 77.0 Å². The fourth-order valence-corrected chi connectivity index (χ4v) is 7.28. The molecular formula is C49H68N8O28. The van der Waals surface area contributed by atoms with E-state index in [-0.39, 0.29) is 183 Å². The first kappa shape index (κ1) is 69.5. The second kappa shape index (κ2) is 38.0. The minimum Gasteiger partial charge on any atom is -0.378 e. The average molecular weight is 1220 g/mol. The lowest BCUT2D eigenvalue weighted by atomic mass is 9.92. The molecule has 4 heterocycles. The van der Waals surface area contributed by atoms with Crippen molar-refractivity contribution in [1.29, 1.82) is 0 Å². The maximum Gasteiger partial charge on any atom is 0.342 e. The van der Waals surface area contributed by atoms with Gasteiger partial charge in [-0.3, -0.25) is 57.5 Å². The van der Waals surface area contributed by atoms with Crippen LogP contribution in [0, 0.1) is 5.41 Å². The number of rotatable bonds is 44. The smallest absolute Gasteiger partial charge is 0.342 e. The van der Waals surface area contributed by atoms with Crippen molar-refractivity contribution in [2.45, 2.75) is 77.0 Å².